The Balaban J connectivity index is 2.28. The average Bonchev–Trinajstić information content (AvgIpc) is 2.43. The van der Waals surface area contributed by atoms with Crippen molar-refractivity contribution >= 4 is 11.9 Å². The smallest absolute Gasteiger partial charge is 0.317 e. The molecule has 1 rings (SSSR count). The number of urea groups is 1. The van der Waals surface area contributed by atoms with Crippen molar-refractivity contribution in [2.75, 3.05) is 32.7 Å². The van der Waals surface area contributed by atoms with E-state index in [0.717, 1.165) is 6.42 Å². The van der Waals surface area contributed by atoms with Crippen LogP contribution in [0.1, 0.15) is 12.8 Å². The molecule has 0 aromatic carbocycles. The second kappa shape index (κ2) is 6.23. The SMILES string of the molecule is NCCCNC(=O)N1CCNC(=O)CC1. The van der Waals surface area contributed by atoms with E-state index in [9.17, 15) is 9.59 Å². The summed E-state index contributed by atoms with van der Waals surface area (Å²) in [5.41, 5.74) is 5.32. The third-order valence-corrected chi connectivity index (χ3v) is 2.26. The van der Waals surface area contributed by atoms with Crippen LogP contribution in [0.4, 0.5) is 4.79 Å². The second-order valence-corrected chi connectivity index (χ2v) is 3.46. The summed E-state index contributed by atoms with van der Waals surface area (Å²) in [5.74, 6) is 0.00672. The Morgan fingerprint density at radius 2 is 2.33 bits per heavy atom. The lowest BCUT2D eigenvalue weighted by Crippen LogP contribution is -2.42. The number of nitrogens with one attached hydrogen (secondary N) is 2. The number of nitrogens with zero attached hydrogens (tertiary/aromatic N) is 1. The Morgan fingerprint density at radius 3 is 3.07 bits per heavy atom. The van der Waals surface area contributed by atoms with Crippen LogP contribution in [0.2, 0.25) is 0 Å². The molecule has 1 saturated heterocycles. The lowest BCUT2D eigenvalue weighted by atomic mass is 10.4. The minimum absolute atomic E-state index is 0.00672. The van der Waals surface area contributed by atoms with Gasteiger partial charge in [0.15, 0.2) is 0 Å². The van der Waals surface area contributed by atoms with Crippen LogP contribution in [0, 0.1) is 0 Å². The monoisotopic (exact) mass is 214 g/mol. The van der Waals surface area contributed by atoms with E-state index in [-0.39, 0.29) is 11.9 Å². The standard InChI is InChI=1S/C9H18N4O2/c10-3-1-4-12-9(15)13-6-2-8(14)11-5-7-13/h1-7,10H2,(H,11,14)(H,12,15). The van der Waals surface area contributed by atoms with Gasteiger partial charge in [0, 0.05) is 32.6 Å². The van der Waals surface area contributed by atoms with Crippen molar-refractivity contribution < 1.29 is 9.59 Å². The van der Waals surface area contributed by atoms with E-state index >= 15 is 0 Å². The van der Waals surface area contributed by atoms with Gasteiger partial charge in [0.25, 0.3) is 0 Å². The lowest BCUT2D eigenvalue weighted by Gasteiger charge is -2.19. The summed E-state index contributed by atoms with van der Waals surface area (Å²) in [4.78, 5) is 24.2. The Kier molecular flexibility index (Phi) is 4.89. The molecule has 0 aromatic heterocycles. The van der Waals surface area contributed by atoms with Crippen LogP contribution in [-0.2, 0) is 4.79 Å². The number of carbonyl (C=O) groups is 2. The topological polar surface area (TPSA) is 87.5 Å². The molecule has 0 atom stereocenters. The fourth-order valence-electron chi connectivity index (χ4n) is 1.38. The van der Waals surface area contributed by atoms with Gasteiger partial charge in [-0.25, -0.2) is 4.79 Å². The van der Waals surface area contributed by atoms with E-state index in [1.165, 1.54) is 0 Å². The molecule has 6 nitrogen and oxygen atoms in total. The maximum absolute atomic E-state index is 11.6. The summed E-state index contributed by atoms with van der Waals surface area (Å²) < 4.78 is 0. The molecule has 1 heterocycles. The Hall–Kier alpha value is -1.30. The molecule has 4 N–H and O–H groups in total. The molecule has 0 spiro atoms. The Morgan fingerprint density at radius 1 is 1.53 bits per heavy atom. The molecule has 3 amide bonds. The van der Waals surface area contributed by atoms with Gasteiger partial charge in [-0.2, -0.15) is 0 Å². The van der Waals surface area contributed by atoms with Crippen LogP contribution < -0.4 is 16.4 Å². The van der Waals surface area contributed by atoms with E-state index in [4.69, 9.17) is 5.73 Å². The fraction of sp³-hybridized carbons (Fsp3) is 0.778. The molecule has 6 heteroatoms. The van der Waals surface area contributed by atoms with Crippen molar-refractivity contribution in [1.29, 1.82) is 0 Å². The van der Waals surface area contributed by atoms with E-state index in [0.29, 0.717) is 39.1 Å². The normalized spacial score (nSPS) is 16.9. The molecule has 0 aromatic rings. The van der Waals surface area contributed by atoms with Crippen molar-refractivity contribution in [3.8, 4) is 0 Å². The number of carbonyl (C=O) groups excluding carboxylic acids is 2. The minimum Gasteiger partial charge on any atom is -0.354 e. The average molecular weight is 214 g/mol. The second-order valence-electron chi connectivity index (χ2n) is 3.46. The summed E-state index contributed by atoms with van der Waals surface area (Å²) in [6.07, 6.45) is 1.15. The van der Waals surface area contributed by atoms with Gasteiger partial charge < -0.3 is 21.3 Å². The van der Waals surface area contributed by atoms with Crippen molar-refractivity contribution in [3.05, 3.63) is 0 Å². The summed E-state index contributed by atoms with van der Waals surface area (Å²) >= 11 is 0. The van der Waals surface area contributed by atoms with Crippen molar-refractivity contribution in [2.24, 2.45) is 5.73 Å². The number of rotatable bonds is 3. The van der Waals surface area contributed by atoms with Crippen LogP contribution in [0.3, 0.4) is 0 Å². The number of amides is 3. The lowest BCUT2D eigenvalue weighted by molar-refractivity contribution is -0.120. The zero-order valence-electron chi connectivity index (χ0n) is 8.79. The summed E-state index contributed by atoms with van der Waals surface area (Å²) in [7, 11) is 0. The molecular weight excluding hydrogens is 196 g/mol. The first-order chi connectivity index (χ1) is 7.24. The van der Waals surface area contributed by atoms with Gasteiger partial charge in [-0.3, -0.25) is 4.79 Å². The van der Waals surface area contributed by atoms with Gasteiger partial charge in [0.1, 0.15) is 0 Å². The van der Waals surface area contributed by atoms with Gasteiger partial charge in [0.2, 0.25) is 5.91 Å². The van der Waals surface area contributed by atoms with Crippen LogP contribution in [-0.4, -0.2) is 49.6 Å². The highest BCUT2D eigenvalue weighted by Crippen LogP contribution is 1.96. The van der Waals surface area contributed by atoms with E-state index in [1.54, 1.807) is 4.90 Å². The van der Waals surface area contributed by atoms with E-state index in [1.807, 2.05) is 0 Å². The Bertz CT molecular complexity index is 232. The molecule has 0 saturated carbocycles. The van der Waals surface area contributed by atoms with Crippen LogP contribution in [0.25, 0.3) is 0 Å². The van der Waals surface area contributed by atoms with Gasteiger partial charge in [-0.1, -0.05) is 0 Å². The minimum atomic E-state index is -0.111. The number of nitrogens with two attached hydrogens (primary N) is 1. The van der Waals surface area contributed by atoms with Gasteiger partial charge in [-0.05, 0) is 13.0 Å². The molecule has 1 fully saturated rings. The summed E-state index contributed by atoms with van der Waals surface area (Å²) in [6.45, 7) is 2.75. The first-order valence-electron chi connectivity index (χ1n) is 5.23. The Labute approximate surface area is 89.2 Å². The third-order valence-electron chi connectivity index (χ3n) is 2.26. The first kappa shape index (κ1) is 11.8. The molecule has 1 aliphatic heterocycles. The van der Waals surface area contributed by atoms with Crippen molar-refractivity contribution in [1.82, 2.24) is 15.5 Å². The van der Waals surface area contributed by atoms with Crippen LogP contribution in [0.15, 0.2) is 0 Å². The fourth-order valence-corrected chi connectivity index (χ4v) is 1.38. The highest BCUT2D eigenvalue weighted by atomic mass is 16.2. The predicted molar refractivity (Wildman–Crippen MR) is 56.3 cm³/mol. The molecule has 0 aliphatic carbocycles. The van der Waals surface area contributed by atoms with Crippen molar-refractivity contribution in [2.45, 2.75) is 12.8 Å². The maximum Gasteiger partial charge on any atom is 0.317 e. The predicted octanol–water partition coefficient (Wildman–Crippen LogP) is -1.13. The molecule has 0 bridgehead atoms. The van der Waals surface area contributed by atoms with Gasteiger partial charge in [0.05, 0.1) is 0 Å². The van der Waals surface area contributed by atoms with Gasteiger partial charge in [-0.15, -0.1) is 0 Å². The molecule has 0 unspecified atom stereocenters. The highest BCUT2D eigenvalue weighted by Gasteiger charge is 2.17. The third kappa shape index (κ3) is 4.16. The zero-order valence-corrected chi connectivity index (χ0v) is 8.79. The molecule has 15 heavy (non-hydrogen) atoms. The largest absolute Gasteiger partial charge is 0.354 e. The quantitative estimate of drug-likeness (QED) is 0.519. The van der Waals surface area contributed by atoms with E-state index < -0.39 is 0 Å². The first-order valence-corrected chi connectivity index (χ1v) is 5.23. The molecule has 86 valence electrons. The van der Waals surface area contributed by atoms with Gasteiger partial charge >= 0.3 is 6.03 Å². The molecular formula is C9H18N4O2. The summed E-state index contributed by atoms with van der Waals surface area (Å²) in [5, 5.41) is 5.48. The van der Waals surface area contributed by atoms with Crippen LogP contribution >= 0.6 is 0 Å². The molecule has 1 aliphatic rings. The van der Waals surface area contributed by atoms with E-state index in [2.05, 4.69) is 10.6 Å². The van der Waals surface area contributed by atoms with Crippen LogP contribution in [0.5, 0.6) is 0 Å². The van der Waals surface area contributed by atoms with Crippen molar-refractivity contribution in [3.63, 3.8) is 0 Å². The highest BCUT2D eigenvalue weighted by molar-refractivity contribution is 5.79. The number of hydrogen-bond donors (Lipinski definition) is 3. The zero-order chi connectivity index (χ0) is 11.1. The maximum atomic E-state index is 11.6. The number of hydrogen-bond acceptors (Lipinski definition) is 3. The summed E-state index contributed by atoms with van der Waals surface area (Å²) in [6, 6.07) is -0.111. The molecule has 0 radical (unpaired) electrons.